The summed E-state index contributed by atoms with van der Waals surface area (Å²) in [6.07, 6.45) is 7.52. The lowest BCUT2D eigenvalue weighted by Crippen LogP contribution is -2.48. The summed E-state index contributed by atoms with van der Waals surface area (Å²) >= 11 is 0. The quantitative estimate of drug-likeness (QED) is 0.643. The monoisotopic (exact) mass is 210 g/mol. The summed E-state index contributed by atoms with van der Waals surface area (Å²) in [5, 5.41) is 2.82. The van der Waals surface area contributed by atoms with E-state index in [1.807, 2.05) is 6.92 Å². The van der Waals surface area contributed by atoms with Crippen LogP contribution in [0.4, 0.5) is 0 Å². The Balaban J connectivity index is 2.33. The molecule has 4 heteroatoms. The van der Waals surface area contributed by atoms with Gasteiger partial charge in [-0.3, -0.25) is 4.79 Å². The van der Waals surface area contributed by atoms with E-state index in [9.17, 15) is 4.79 Å². The van der Waals surface area contributed by atoms with Gasteiger partial charge in [0, 0.05) is 13.0 Å². The van der Waals surface area contributed by atoms with E-state index in [1.54, 1.807) is 0 Å². The summed E-state index contributed by atoms with van der Waals surface area (Å²) in [6, 6.07) is -0.609. The molecule has 1 fully saturated rings. The van der Waals surface area contributed by atoms with Gasteiger partial charge in [-0.15, -0.1) is 12.3 Å². The van der Waals surface area contributed by atoms with Gasteiger partial charge in [0.25, 0.3) is 0 Å². The molecule has 84 valence electrons. The third kappa shape index (κ3) is 3.54. The van der Waals surface area contributed by atoms with Crippen LogP contribution in [0.5, 0.6) is 0 Å². The van der Waals surface area contributed by atoms with Gasteiger partial charge < -0.3 is 15.8 Å². The zero-order valence-corrected chi connectivity index (χ0v) is 9.03. The van der Waals surface area contributed by atoms with Crippen LogP contribution in [0.15, 0.2) is 0 Å². The minimum absolute atomic E-state index is 0.00354. The number of amides is 1. The minimum atomic E-state index is -0.612. The van der Waals surface area contributed by atoms with Crippen LogP contribution >= 0.6 is 0 Å². The molecule has 0 radical (unpaired) electrons. The maximum atomic E-state index is 11.5. The Morgan fingerprint density at radius 2 is 2.53 bits per heavy atom. The van der Waals surface area contributed by atoms with Crippen molar-refractivity contribution in [2.75, 3.05) is 6.61 Å². The smallest absolute Gasteiger partial charge is 0.238 e. The third-order valence-corrected chi connectivity index (χ3v) is 2.57. The highest BCUT2D eigenvalue weighted by Crippen LogP contribution is 2.15. The highest BCUT2D eigenvalue weighted by Gasteiger charge is 2.24. The number of carbonyl (C=O) groups excluding carboxylic acids is 1. The predicted molar refractivity (Wildman–Crippen MR) is 58.0 cm³/mol. The molecule has 3 atom stereocenters. The lowest BCUT2D eigenvalue weighted by Gasteiger charge is -2.21. The summed E-state index contributed by atoms with van der Waals surface area (Å²) in [5.41, 5.74) is 5.58. The first-order chi connectivity index (χ1) is 7.15. The molecule has 1 rings (SSSR count). The van der Waals surface area contributed by atoms with Gasteiger partial charge >= 0.3 is 0 Å². The molecule has 1 amide bonds. The average Bonchev–Trinajstić information content (AvgIpc) is 2.70. The number of ether oxygens (including phenoxy) is 1. The molecule has 0 saturated carbocycles. The maximum Gasteiger partial charge on any atom is 0.238 e. The van der Waals surface area contributed by atoms with Gasteiger partial charge in [0.1, 0.15) is 0 Å². The number of hydrogen-bond donors (Lipinski definition) is 2. The number of carbonyl (C=O) groups is 1. The van der Waals surface area contributed by atoms with Crippen LogP contribution < -0.4 is 11.1 Å². The Morgan fingerprint density at radius 1 is 1.80 bits per heavy atom. The summed E-state index contributed by atoms with van der Waals surface area (Å²) in [5.74, 6) is 2.18. The highest BCUT2D eigenvalue weighted by molar-refractivity contribution is 5.82. The van der Waals surface area contributed by atoms with Gasteiger partial charge in [-0.25, -0.2) is 0 Å². The molecule has 15 heavy (non-hydrogen) atoms. The van der Waals surface area contributed by atoms with Crippen LogP contribution in [0.25, 0.3) is 0 Å². The molecule has 1 aliphatic heterocycles. The van der Waals surface area contributed by atoms with Crippen molar-refractivity contribution in [3.8, 4) is 12.3 Å². The molecule has 0 spiro atoms. The van der Waals surface area contributed by atoms with Crippen molar-refractivity contribution in [1.29, 1.82) is 0 Å². The van der Waals surface area contributed by atoms with E-state index in [4.69, 9.17) is 16.9 Å². The number of rotatable bonds is 4. The van der Waals surface area contributed by atoms with Gasteiger partial charge in [-0.1, -0.05) is 0 Å². The number of hydrogen-bond acceptors (Lipinski definition) is 3. The third-order valence-electron chi connectivity index (χ3n) is 2.57. The van der Waals surface area contributed by atoms with Crippen molar-refractivity contribution in [1.82, 2.24) is 5.32 Å². The number of nitrogens with one attached hydrogen (secondary N) is 1. The second kappa shape index (κ2) is 5.74. The lowest BCUT2D eigenvalue weighted by molar-refractivity contribution is -0.123. The first-order valence-electron chi connectivity index (χ1n) is 5.26. The van der Waals surface area contributed by atoms with Gasteiger partial charge in [0.2, 0.25) is 5.91 Å². The zero-order valence-electron chi connectivity index (χ0n) is 9.03. The summed E-state index contributed by atoms with van der Waals surface area (Å²) in [7, 11) is 0. The second-order valence-corrected chi connectivity index (χ2v) is 3.86. The van der Waals surface area contributed by atoms with Crippen molar-refractivity contribution in [2.45, 2.75) is 44.4 Å². The molecule has 1 heterocycles. The fourth-order valence-corrected chi connectivity index (χ4v) is 1.64. The van der Waals surface area contributed by atoms with Crippen LogP contribution in [0.2, 0.25) is 0 Å². The Bertz CT molecular complexity index is 254. The lowest BCUT2D eigenvalue weighted by atomic mass is 10.1. The molecule has 1 aliphatic rings. The summed E-state index contributed by atoms with van der Waals surface area (Å²) in [6.45, 7) is 2.71. The van der Waals surface area contributed by atoms with Crippen molar-refractivity contribution in [2.24, 2.45) is 5.73 Å². The van der Waals surface area contributed by atoms with E-state index >= 15 is 0 Å². The molecular formula is C11H18N2O2. The predicted octanol–water partition coefficient (Wildman–Crippen LogP) is 0.0207. The number of nitrogens with two attached hydrogens (primary N) is 1. The second-order valence-electron chi connectivity index (χ2n) is 3.86. The SMILES string of the molecule is C#CCC(N)C(=O)NC(C)C1CCCO1. The van der Waals surface area contributed by atoms with Crippen molar-refractivity contribution >= 4 is 5.91 Å². The maximum absolute atomic E-state index is 11.5. The molecule has 3 unspecified atom stereocenters. The van der Waals surface area contributed by atoms with E-state index in [-0.39, 0.29) is 24.5 Å². The molecule has 4 nitrogen and oxygen atoms in total. The topological polar surface area (TPSA) is 64.4 Å². The van der Waals surface area contributed by atoms with E-state index < -0.39 is 6.04 Å². The van der Waals surface area contributed by atoms with E-state index in [2.05, 4.69) is 11.2 Å². The van der Waals surface area contributed by atoms with Crippen molar-refractivity contribution in [3.63, 3.8) is 0 Å². The van der Waals surface area contributed by atoms with Crippen LogP contribution in [0.1, 0.15) is 26.2 Å². The van der Waals surface area contributed by atoms with Crippen LogP contribution in [0, 0.1) is 12.3 Å². The highest BCUT2D eigenvalue weighted by atomic mass is 16.5. The molecule has 0 aromatic heterocycles. The first kappa shape index (κ1) is 12.0. The summed E-state index contributed by atoms with van der Waals surface area (Å²) < 4.78 is 5.46. The van der Waals surface area contributed by atoms with E-state index in [1.165, 1.54) is 0 Å². The first-order valence-corrected chi connectivity index (χ1v) is 5.26. The number of terminal acetylenes is 1. The van der Waals surface area contributed by atoms with Crippen molar-refractivity contribution in [3.05, 3.63) is 0 Å². The van der Waals surface area contributed by atoms with Crippen LogP contribution in [0.3, 0.4) is 0 Å². The van der Waals surface area contributed by atoms with Gasteiger partial charge in [-0.2, -0.15) is 0 Å². The molecule has 3 N–H and O–H groups in total. The Kier molecular flexibility index (Phi) is 4.60. The van der Waals surface area contributed by atoms with Gasteiger partial charge in [0.05, 0.1) is 18.2 Å². The molecule has 0 aliphatic carbocycles. The minimum Gasteiger partial charge on any atom is -0.376 e. The molecule has 0 aromatic rings. The molecule has 0 aromatic carbocycles. The Hall–Kier alpha value is -1.05. The van der Waals surface area contributed by atoms with Crippen LogP contribution in [-0.2, 0) is 9.53 Å². The van der Waals surface area contributed by atoms with Gasteiger partial charge in [-0.05, 0) is 19.8 Å². The zero-order chi connectivity index (χ0) is 11.3. The molecule has 0 bridgehead atoms. The van der Waals surface area contributed by atoms with E-state index in [0.717, 1.165) is 19.4 Å². The summed E-state index contributed by atoms with van der Waals surface area (Å²) in [4.78, 5) is 11.5. The Labute approximate surface area is 90.5 Å². The average molecular weight is 210 g/mol. The van der Waals surface area contributed by atoms with Crippen molar-refractivity contribution < 1.29 is 9.53 Å². The Morgan fingerprint density at radius 3 is 3.07 bits per heavy atom. The van der Waals surface area contributed by atoms with Gasteiger partial charge in [0.15, 0.2) is 0 Å². The largest absolute Gasteiger partial charge is 0.376 e. The van der Waals surface area contributed by atoms with E-state index in [0.29, 0.717) is 0 Å². The fraction of sp³-hybridized carbons (Fsp3) is 0.727. The normalized spacial score (nSPS) is 24.2. The molecule has 1 saturated heterocycles. The fourth-order valence-electron chi connectivity index (χ4n) is 1.64. The standard InChI is InChI=1S/C11H18N2O2/c1-3-5-9(12)11(14)13-8(2)10-6-4-7-15-10/h1,8-10H,4-7,12H2,2H3,(H,13,14). The van der Waals surface area contributed by atoms with Crippen LogP contribution in [-0.4, -0.2) is 30.7 Å². The molecular weight excluding hydrogens is 192 g/mol.